The van der Waals surface area contributed by atoms with E-state index in [0.29, 0.717) is 37.6 Å². The van der Waals surface area contributed by atoms with Crippen LogP contribution in [0, 0.1) is 5.82 Å². The van der Waals surface area contributed by atoms with Gasteiger partial charge in [0.25, 0.3) is 0 Å². The van der Waals surface area contributed by atoms with Crippen molar-refractivity contribution >= 4 is 11.7 Å². The minimum absolute atomic E-state index is 0.0368. The molecule has 0 saturated carbocycles. The molecule has 1 saturated heterocycles. The smallest absolute Gasteiger partial charge is 0.325 e. The lowest BCUT2D eigenvalue weighted by atomic mass is 10.0. The largest absolute Gasteiger partial charge is 0.497 e. The third kappa shape index (κ3) is 4.43. The minimum atomic E-state index is -0.373. The zero-order valence-corrected chi connectivity index (χ0v) is 18.6. The minimum Gasteiger partial charge on any atom is -0.497 e. The highest BCUT2D eigenvalue weighted by atomic mass is 19.1. The predicted molar refractivity (Wildman–Crippen MR) is 123 cm³/mol. The summed E-state index contributed by atoms with van der Waals surface area (Å²) < 4.78 is 24.9. The molecule has 1 fully saturated rings. The van der Waals surface area contributed by atoms with Crippen molar-refractivity contribution in [3.05, 3.63) is 65.7 Å². The van der Waals surface area contributed by atoms with E-state index in [1.807, 2.05) is 28.1 Å². The van der Waals surface area contributed by atoms with Crippen molar-refractivity contribution in [1.29, 1.82) is 0 Å². The summed E-state index contributed by atoms with van der Waals surface area (Å²) >= 11 is 0. The van der Waals surface area contributed by atoms with Crippen LogP contribution in [0.5, 0.6) is 5.75 Å². The molecule has 3 heterocycles. The number of H-pyrrole nitrogens is 1. The Morgan fingerprint density at radius 2 is 2.09 bits per heavy atom. The molecule has 8 heteroatoms. The summed E-state index contributed by atoms with van der Waals surface area (Å²) in [6.07, 6.45) is 5.97. The van der Waals surface area contributed by atoms with Gasteiger partial charge in [0.15, 0.2) is 0 Å². The maximum absolute atomic E-state index is 14.1. The lowest BCUT2D eigenvalue weighted by molar-refractivity contribution is 0.0449. The Labute approximate surface area is 192 Å². The van der Waals surface area contributed by atoms with Crippen molar-refractivity contribution in [1.82, 2.24) is 15.1 Å². The van der Waals surface area contributed by atoms with Gasteiger partial charge >= 0.3 is 6.03 Å². The number of nitrogens with zero attached hydrogens (tertiary/aromatic N) is 3. The normalized spacial score (nSPS) is 16.0. The van der Waals surface area contributed by atoms with E-state index in [0.717, 1.165) is 41.6 Å². The first-order chi connectivity index (χ1) is 16.1. The van der Waals surface area contributed by atoms with Crippen LogP contribution < -0.4 is 9.64 Å². The van der Waals surface area contributed by atoms with Gasteiger partial charge in [0.2, 0.25) is 0 Å². The molecule has 172 valence electrons. The fourth-order valence-electron chi connectivity index (χ4n) is 4.72. The van der Waals surface area contributed by atoms with Gasteiger partial charge in [-0.1, -0.05) is 6.07 Å². The van der Waals surface area contributed by atoms with Gasteiger partial charge in [-0.3, -0.25) is 10.00 Å². The molecule has 0 unspecified atom stereocenters. The highest BCUT2D eigenvalue weighted by molar-refractivity contribution is 5.95. The number of ether oxygens (including phenoxy) is 2. The fraction of sp³-hybridized carbons (Fsp3) is 0.360. The maximum atomic E-state index is 14.1. The van der Waals surface area contributed by atoms with E-state index in [2.05, 4.69) is 16.3 Å². The summed E-state index contributed by atoms with van der Waals surface area (Å²) in [6.45, 7) is 2.17. The molecule has 33 heavy (non-hydrogen) atoms. The lowest BCUT2D eigenvalue weighted by Gasteiger charge is -2.37. The Kier molecular flexibility index (Phi) is 6.00. The summed E-state index contributed by atoms with van der Waals surface area (Å²) in [6, 6.07) is 10.7. The van der Waals surface area contributed by atoms with E-state index in [4.69, 9.17) is 9.47 Å². The third-order valence-electron chi connectivity index (χ3n) is 6.43. The summed E-state index contributed by atoms with van der Waals surface area (Å²) in [4.78, 5) is 17.6. The number of amides is 2. The van der Waals surface area contributed by atoms with Crippen molar-refractivity contribution in [2.45, 2.75) is 31.8 Å². The van der Waals surface area contributed by atoms with Crippen molar-refractivity contribution in [3.63, 3.8) is 0 Å². The summed E-state index contributed by atoms with van der Waals surface area (Å²) in [5.74, 6) is 0.0738. The Hall–Kier alpha value is -3.39. The molecule has 1 N–H and O–H groups in total. The molecule has 0 aliphatic carbocycles. The number of hydrogen-bond acceptors (Lipinski definition) is 4. The summed E-state index contributed by atoms with van der Waals surface area (Å²) in [7, 11) is 1.51. The standard InChI is InChI=1S/C25H27FN4O3/c1-32-23-11-17(10-21(26)13-23)16-30(22-5-8-33-9-6-22)25(31)29-7-4-19-12-18(2-3-24(19)29)20-14-27-28-15-20/h2-3,10-15,22H,4-9,16H2,1H3,(H,27,28). The SMILES string of the molecule is COc1cc(F)cc(CN(C(=O)N2CCc3cc(-c4cn[nH]c4)ccc32)C2CCOCC2)c1. The Bertz CT molecular complexity index is 1130. The van der Waals surface area contributed by atoms with E-state index in [1.165, 1.54) is 19.2 Å². The van der Waals surface area contributed by atoms with E-state index >= 15 is 0 Å². The van der Waals surface area contributed by atoms with Gasteiger partial charge in [-0.2, -0.15) is 5.10 Å². The van der Waals surface area contributed by atoms with Crippen LogP contribution in [0.15, 0.2) is 48.8 Å². The second kappa shape index (κ2) is 9.23. The number of methoxy groups -OCH3 is 1. The summed E-state index contributed by atoms with van der Waals surface area (Å²) in [5, 5.41) is 6.87. The van der Waals surface area contributed by atoms with Crippen LogP contribution in [0.2, 0.25) is 0 Å². The molecule has 2 aliphatic rings. The molecule has 2 aromatic carbocycles. The van der Waals surface area contributed by atoms with E-state index in [-0.39, 0.29) is 17.9 Å². The molecule has 0 atom stereocenters. The highest BCUT2D eigenvalue weighted by Gasteiger charge is 2.33. The van der Waals surface area contributed by atoms with Gasteiger partial charge in [-0.15, -0.1) is 0 Å². The zero-order chi connectivity index (χ0) is 22.8. The number of carbonyl (C=O) groups excluding carboxylic acids is 1. The van der Waals surface area contributed by atoms with Gasteiger partial charge in [0, 0.05) is 55.9 Å². The van der Waals surface area contributed by atoms with E-state index < -0.39 is 0 Å². The van der Waals surface area contributed by atoms with Gasteiger partial charge in [-0.25, -0.2) is 9.18 Å². The van der Waals surface area contributed by atoms with Crippen LogP contribution in [0.25, 0.3) is 11.1 Å². The number of hydrogen-bond donors (Lipinski definition) is 1. The first-order valence-electron chi connectivity index (χ1n) is 11.2. The average Bonchev–Trinajstić information content (AvgIpc) is 3.52. The highest BCUT2D eigenvalue weighted by Crippen LogP contribution is 2.34. The van der Waals surface area contributed by atoms with Crippen LogP contribution >= 0.6 is 0 Å². The second-order valence-electron chi connectivity index (χ2n) is 8.49. The third-order valence-corrected chi connectivity index (χ3v) is 6.43. The predicted octanol–water partition coefficient (Wildman–Crippen LogP) is 4.39. The van der Waals surface area contributed by atoms with Crippen LogP contribution in [0.1, 0.15) is 24.0 Å². The number of anilines is 1. The monoisotopic (exact) mass is 450 g/mol. The van der Waals surface area contributed by atoms with Crippen molar-refractivity contribution < 1.29 is 18.7 Å². The summed E-state index contributed by atoms with van der Waals surface area (Å²) in [5.41, 5.74) is 4.88. The van der Waals surface area contributed by atoms with Gasteiger partial charge < -0.3 is 14.4 Å². The van der Waals surface area contributed by atoms with Crippen molar-refractivity contribution in [3.8, 4) is 16.9 Å². The number of fused-ring (bicyclic) bond motifs is 1. The van der Waals surface area contributed by atoms with Crippen LogP contribution in [0.4, 0.5) is 14.9 Å². The molecule has 2 aliphatic heterocycles. The van der Waals surface area contributed by atoms with Gasteiger partial charge in [-0.05, 0) is 60.2 Å². The van der Waals surface area contributed by atoms with Crippen LogP contribution in [-0.2, 0) is 17.7 Å². The Morgan fingerprint density at radius 3 is 2.85 bits per heavy atom. The molecule has 7 nitrogen and oxygen atoms in total. The molecular formula is C25H27FN4O3. The number of nitrogens with one attached hydrogen (secondary N) is 1. The van der Waals surface area contributed by atoms with Crippen LogP contribution in [0.3, 0.4) is 0 Å². The number of rotatable bonds is 5. The fourth-order valence-corrected chi connectivity index (χ4v) is 4.72. The average molecular weight is 451 g/mol. The van der Waals surface area contributed by atoms with Crippen molar-refractivity contribution in [2.75, 3.05) is 31.8 Å². The molecule has 3 aromatic rings. The Morgan fingerprint density at radius 1 is 1.24 bits per heavy atom. The Balaban J connectivity index is 1.43. The number of aromatic amines is 1. The van der Waals surface area contributed by atoms with Gasteiger partial charge in [0.1, 0.15) is 11.6 Å². The molecule has 2 amide bonds. The first-order valence-corrected chi connectivity index (χ1v) is 11.2. The van der Waals surface area contributed by atoms with E-state index in [9.17, 15) is 9.18 Å². The lowest BCUT2D eigenvalue weighted by Crippen LogP contribution is -2.49. The van der Waals surface area contributed by atoms with Gasteiger partial charge in [0.05, 0.1) is 13.3 Å². The van der Waals surface area contributed by atoms with Crippen LogP contribution in [-0.4, -0.2) is 54.0 Å². The number of benzene rings is 2. The number of urea groups is 1. The number of aromatic nitrogens is 2. The molecule has 1 aromatic heterocycles. The quantitative estimate of drug-likeness (QED) is 0.626. The zero-order valence-electron chi connectivity index (χ0n) is 18.6. The van der Waals surface area contributed by atoms with E-state index in [1.54, 1.807) is 12.3 Å². The molecule has 5 rings (SSSR count). The molecule has 0 radical (unpaired) electrons. The molecular weight excluding hydrogens is 423 g/mol. The first kappa shape index (κ1) is 21.5. The topological polar surface area (TPSA) is 70.7 Å². The number of halogens is 1. The maximum Gasteiger partial charge on any atom is 0.325 e. The number of carbonyl (C=O) groups is 1. The second-order valence-corrected chi connectivity index (χ2v) is 8.49. The molecule has 0 bridgehead atoms. The van der Waals surface area contributed by atoms with Crippen molar-refractivity contribution in [2.24, 2.45) is 0 Å². The molecule has 0 spiro atoms.